The normalized spacial score (nSPS) is 14.9. The number of ether oxygens (including phenoxy) is 2. The Bertz CT molecular complexity index is 650. The number of carbonyl (C=O) groups is 2. The van der Waals surface area contributed by atoms with E-state index < -0.39 is 32.9 Å². The van der Waals surface area contributed by atoms with Crippen molar-refractivity contribution in [3.05, 3.63) is 0 Å². The number of rotatable bonds is 14. The number of quaternary nitrogens is 1. The summed E-state index contributed by atoms with van der Waals surface area (Å²) in [7, 11) is -0.230. The summed E-state index contributed by atoms with van der Waals surface area (Å²) in [6.07, 6.45) is 0.492. The SMILES string of the molecule is CC(C)(CC(C)(CBr)C(=O)OCCO)C(=O)OCC[N+](C)(C)CCCS(=O)(=O)O. The highest BCUT2D eigenvalue weighted by Gasteiger charge is 2.43. The third kappa shape index (κ3) is 11.3. The number of hydrogen-bond donors (Lipinski definition) is 2. The summed E-state index contributed by atoms with van der Waals surface area (Å²) in [4.78, 5) is 24.9. The van der Waals surface area contributed by atoms with Gasteiger partial charge in [0.05, 0.1) is 43.8 Å². The van der Waals surface area contributed by atoms with Crippen LogP contribution in [-0.2, 0) is 29.2 Å². The van der Waals surface area contributed by atoms with Crippen molar-refractivity contribution in [2.75, 3.05) is 58.1 Å². The van der Waals surface area contributed by atoms with Gasteiger partial charge in [0.1, 0.15) is 19.8 Å². The Morgan fingerprint density at radius 1 is 1.03 bits per heavy atom. The molecule has 2 N–H and O–H groups in total. The molecule has 0 fully saturated rings. The minimum absolute atomic E-state index is 0.100. The third-order valence-electron chi connectivity index (χ3n) is 4.59. The van der Waals surface area contributed by atoms with Gasteiger partial charge in [-0.3, -0.25) is 14.1 Å². The molecule has 0 aliphatic heterocycles. The summed E-state index contributed by atoms with van der Waals surface area (Å²) in [5.41, 5.74) is -1.90. The fraction of sp³-hybridized carbons (Fsp3) is 0.889. The lowest BCUT2D eigenvalue weighted by atomic mass is 9.75. The van der Waals surface area contributed by atoms with Crippen molar-refractivity contribution in [3.8, 4) is 0 Å². The van der Waals surface area contributed by atoms with Crippen LogP contribution in [0.25, 0.3) is 0 Å². The van der Waals surface area contributed by atoms with Gasteiger partial charge in [0.2, 0.25) is 0 Å². The first-order valence-corrected chi connectivity index (χ1v) is 12.1. The molecule has 0 saturated carbocycles. The van der Waals surface area contributed by atoms with Gasteiger partial charge in [-0.15, -0.1) is 0 Å². The Hall–Kier alpha value is -0.750. The van der Waals surface area contributed by atoms with E-state index in [0.717, 1.165) is 0 Å². The largest absolute Gasteiger partial charge is 0.463 e. The standard InChI is InChI=1S/C18H34BrNO8S/c1-17(2,13-18(3,14-19)16(23)28-11-9-21)15(22)27-10-8-20(4,5)7-6-12-29(24,25)26/h21H,6-14H2,1-5H3/p+1. The topological polar surface area (TPSA) is 127 Å². The fourth-order valence-corrected chi connectivity index (χ4v) is 3.82. The monoisotopic (exact) mass is 504 g/mol. The number of halogens is 1. The Labute approximate surface area is 182 Å². The zero-order valence-corrected chi connectivity index (χ0v) is 20.3. The lowest BCUT2D eigenvalue weighted by molar-refractivity contribution is -0.890. The van der Waals surface area contributed by atoms with E-state index in [2.05, 4.69) is 15.9 Å². The Morgan fingerprint density at radius 3 is 2.07 bits per heavy atom. The first-order chi connectivity index (χ1) is 13.1. The van der Waals surface area contributed by atoms with Gasteiger partial charge in [0.15, 0.2) is 0 Å². The molecule has 0 aromatic heterocycles. The zero-order valence-electron chi connectivity index (χ0n) is 17.9. The van der Waals surface area contributed by atoms with Crippen LogP contribution in [0.4, 0.5) is 0 Å². The molecule has 0 aliphatic rings. The number of hydrogen-bond acceptors (Lipinski definition) is 7. The van der Waals surface area contributed by atoms with E-state index in [1.807, 2.05) is 14.1 Å². The van der Waals surface area contributed by atoms with E-state index in [-0.39, 0.29) is 32.0 Å². The van der Waals surface area contributed by atoms with E-state index in [1.54, 1.807) is 20.8 Å². The van der Waals surface area contributed by atoms with Gasteiger partial charge in [-0.1, -0.05) is 15.9 Å². The molecule has 0 bridgehead atoms. The number of aliphatic hydroxyl groups excluding tert-OH is 1. The predicted molar refractivity (Wildman–Crippen MR) is 112 cm³/mol. The Morgan fingerprint density at radius 2 is 1.59 bits per heavy atom. The van der Waals surface area contributed by atoms with Crippen molar-refractivity contribution < 1.29 is 41.6 Å². The average molecular weight is 505 g/mol. The minimum atomic E-state index is -3.98. The van der Waals surface area contributed by atoms with Crippen LogP contribution >= 0.6 is 15.9 Å². The number of carbonyl (C=O) groups excluding carboxylic acids is 2. The van der Waals surface area contributed by atoms with Crippen molar-refractivity contribution >= 4 is 38.0 Å². The van der Waals surface area contributed by atoms with Crippen LogP contribution in [0.1, 0.15) is 33.6 Å². The molecule has 0 saturated heterocycles. The smallest absolute Gasteiger partial charge is 0.312 e. The van der Waals surface area contributed by atoms with E-state index >= 15 is 0 Å². The molecular weight excluding hydrogens is 470 g/mol. The number of esters is 2. The summed E-state index contributed by atoms with van der Waals surface area (Å²) in [5.74, 6) is -1.25. The quantitative estimate of drug-likeness (QED) is 0.156. The zero-order chi connectivity index (χ0) is 22.9. The van der Waals surface area contributed by atoms with Crippen molar-refractivity contribution in [1.82, 2.24) is 0 Å². The lowest BCUT2D eigenvalue weighted by Crippen LogP contribution is -2.45. The van der Waals surface area contributed by atoms with Crippen LogP contribution in [0.2, 0.25) is 0 Å². The van der Waals surface area contributed by atoms with E-state index in [1.165, 1.54) is 0 Å². The number of aliphatic hydroxyl groups is 1. The van der Waals surface area contributed by atoms with Gasteiger partial charge in [0.25, 0.3) is 10.1 Å². The van der Waals surface area contributed by atoms with Crippen LogP contribution in [0.5, 0.6) is 0 Å². The molecule has 0 aliphatic carbocycles. The average Bonchev–Trinajstić information content (AvgIpc) is 2.57. The Kier molecular flexibility index (Phi) is 11.3. The molecule has 0 radical (unpaired) electrons. The summed E-state index contributed by atoms with van der Waals surface area (Å²) in [5, 5.41) is 9.11. The first-order valence-electron chi connectivity index (χ1n) is 9.37. The molecule has 11 heteroatoms. The maximum absolute atomic E-state index is 12.6. The molecule has 9 nitrogen and oxygen atoms in total. The number of alkyl halides is 1. The van der Waals surface area contributed by atoms with Gasteiger partial charge in [-0.25, -0.2) is 0 Å². The summed E-state index contributed by atoms with van der Waals surface area (Å²) in [6.45, 7) is 5.82. The molecule has 1 atom stereocenters. The molecule has 0 heterocycles. The van der Waals surface area contributed by atoms with Crippen LogP contribution < -0.4 is 0 Å². The first kappa shape index (κ1) is 28.2. The third-order valence-corrected chi connectivity index (χ3v) is 6.63. The molecule has 0 amide bonds. The van der Waals surface area contributed by atoms with Crippen molar-refractivity contribution in [1.29, 1.82) is 0 Å². The van der Waals surface area contributed by atoms with Crippen LogP contribution in [0, 0.1) is 10.8 Å². The Balaban J connectivity index is 4.71. The fourth-order valence-electron chi connectivity index (χ4n) is 2.90. The molecule has 0 spiro atoms. The van der Waals surface area contributed by atoms with E-state index in [9.17, 15) is 18.0 Å². The maximum Gasteiger partial charge on any atom is 0.312 e. The molecule has 0 aromatic rings. The molecule has 1 unspecified atom stereocenters. The molecular formula is C18H35BrNO8S+. The van der Waals surface area contributed by atoms with Gasteiger partial charge in [-0.05, 0) is 27.2 Å². The molecule has 29 heavy (non-hydrogen) atoms. The second-order valence-corrected chi connectivity index (χ2v) is 10.9. The van der Waals surface area contributed by atoms with Crippen molar-refractivity contribution in [2.45, 2.75) is 33.6 Å². The van der Waals surface area contributed by atoms with E-state index in [0.29, 0.717) is 29.3 Å². The van der Waals surface area contributed by atoms with Crippen LogP contribution in [0.3, 0.4) is 0 Å². The van der Waals surface area contributed by atoms with Crippen LogP contribution in [0.15, 0.2) is 0 Å². The van der Waals surface area contributed by atoms with Crippen molar-refractivity contribution in [2.24, 2.45) is 10.8 Å². The minimum Gasteiger partial charge on any atom is -0.463 e. The van der Waals surface area contributed by atoms with Crippen LogP contribution in [-0.4, -0.2) is 92.6 Å². The summed E-state index contributed by atoms with van der Waals surface area (Å²) in [6, 6.07) is 0. The number of likely N-dealkylation sites (N-methyl/N-ethyl adjacent to an activating group) is 1. The highest BCUT2D eigenvalue weighted by molar-refractivity contribution is 9.09. The molecule has 0 rings (SSSR count). The second-order valence-electron chi connectivity index (χ2n) is 8.77. The molecule has 0 aromatic carbocycles. The van der Waals surface area contributed by atoms with Gasteiger partial charge >= 0.3 is 11.9 Å². The highest BCUT2D eigenvalue weighted by Crippen LogP contribution is 2.37. The van der Waals surface area contributed by atoms with Gasteiger partial charge < -0.3 is 19.1 Å². The maximum atomic E-state index is 12.6. The summed E-state index contributed by atoms with van der Waals surface area (Å²) >= 11 is 3.30. The van der Waals surface area contributed by atoms with E-state index in [4.69, 9.17) is 19.1 Å². The van der Waals surface area contributed by atoms with Crippen molar-refractivity contribution in [3.63, 3.8) is 0 Å². The lowest BCUT2D eigenvalue weighted by Gasteiger charge is -2.34. The second kappa shape index (κ2) is 11.6. The molecule has 172 valence electrons. The summed E-state index contributed by atoms with van der Waals surface area (Å²) < 4.78 is 41.3. The van der Waals surface area contributed by atoms with Gasteiger partial charge in [0, 0.05) is 11.8 Å². The highest BCUT2D eigenvalue weighted by atomic mass is 79.9. The number of nitrogens with zero attached hydrogens (tertiary/aromatic N) is 1. The predicted octanol–water partition coefficient (Wildman–Crippen LogP) is 1.24. The van der Waals surface area contributed by atoms with Gasteiger partial charge in [-0.2, -0.15) is 8.42 Å².